The fourth-order valence-electron chi connectivity index (χ4n) is 2.54. The zero-order chi connectivity index (χ0) is 16.4. The molecule has 1 amide bonds. The molecule has 122 valence electrons. The highest BCUT2D eigenvalue weighted by Crippen LogP contribution is 2.30. The second kappa shape index (κ2) is 6.74. The van der Waals surface area contributed by atoms with E-state index in [1.54, 1.807) is 11.8 Å². The molecule has 2 aromatic rings. The number of hydrogen-bond acceptors (Lipinski definition) is 5. The molecule has 6 heteroatoms. The molecule has 0 N–H and O–H groups in total. The third-order valence-corrected chi connectivity index (χ3v) is 4.86. The van der Waals surface area contributed by atoms with Crippen LogP contribution in [0.3, 0.4) is 0 Å². The van der Waals surface area contributed by atoms with Crippen LogP contribution in [0, 0.1) is 0 Å². The van der Waals surface area contributed by atoms with Gasteiger partial charge in [0.25, 0.3) is 5.91 Å². The Hall–Kier alpha value is -1.82. The minimum Gasteiger partial charge on any atom is -0.339 e. The van der Waals surface area contributed by atoms with Gasteiger partial charge in [-0.2, -0.15) is 4.98 Å². The minimum atomic E-state index is 0.0846. The van der Waals surface area contributed by atoms with Gasteiger partial charge in [0.05, 0.1) is 11.5 Å². The van der Waals surface area contributed by atoms with Crippen LogP contribution in [0.1, 0.15) is 54.7 Å². The Balaban J connectivity index is 1.66. The molecule has 23 heavy (non-hydrogen) atoms. The first kappa shape index (κ1) is 16.1. The smallest absolute Gasteiger partial charge is 0.255 e. The predicted molar refractivity (Wildman–Crippen MR) is 89.9 cm³/mol. The Morgan fingerprint density at radius 2 is 2.13 bits per heavy atom. The molecule has 0 radical (unpaired) electrons. The molecule has 0 bridgehead atoms. The van der Waals surface area contributed by atoms with E-state index in [0.717, 1.165) is 22.0 Å². The molecule has 0 atom stereocenters. The van der Waals surface area contributed by atoms with Gasteiger partial charge >= 0.3 is 0 Å². The third-order valence-electron chi connectivity index (χ3n) is 3.91. The SMILES string of the molecule is CCSc1ccccc1C(=O)N1CC(c2nc(C(C)C)no2)C1. The fourth-order valence-corrected chi connectivity index (χ4v) is 3.34. The average Bonchev–Trinajstić information content (AvgIpc) is 2.96. The summed E-state index contributed by atoms with van der Waals surface area (Å²) in [4.78, 5) is 20.0. The molecular weight excluding hydrogens is 310 g/mol. The predicted octanol–water partition coefficient (Wildman–Crippen LogP) is 3.54. The second-order valence-corrected chi connectivity index (χ2v) is 7.29. The lowest BCUT2D eigenvalue weighted by Crippen LogP contribution is -2.48. The van der Waals surface area contributed by atoms with Crippen molar-refractivity contribution in [1.82, 2.24) is 15.0 Å². The van der Waals surface area contributed by atoms with Gasteiger partial charge in [-0.15, -0.1) is 11.8 Å². The van der Waals surface area contributed by atoms with E-state index < -0.39 is 0 Å². The lowest BCUT2D eigenvalue weighted by Gasteiger charge is -2.37. The van der Waals surface area contributed by atoms with E-state index in [4.69, 9.17) is 4.52 Å². The molecule has 0 saturated carbocycles. The molecule has 5 nitrogen and oxygen atoms in total. The summed E-state index contributed by atoms with van der Waals surface area (Å²) in [7, 11) is 0. The van der Waals surface area contributed by atoms with Crippen molar-refractivity contribution >= 4 is 17.7 Å². The monoisotopic (exact) mass is 331 g/mol. The van der Waals surface area contributed by atoms with Gasteiger partial charge in [-0.1, -0.05) is 38.1 Å². The van der Waals surface area contributed by atoms with E-state index in [0.29, 0.717) is 19.0 Å². The van der Waals surface area contributed by atoms with Crippen molar-refractivity contribution in [2.24, 2.45) is 0 Å². The van der Waals surface area contributed by atoms with Crippen LogP contribution in [0.4, 0.5) is 0 Å². The zero-order valence-electron chi connectivity index (χ0n) is 13.7. The van der Waals surface area contributed by atoms with Crippen molar-refractivity contribution in [2.45, 2.75) is 37.5 Å². The summed E-state index contributed by atoms with van der Waals surface area (Å²) in [5.74, 6) is 2.82. The summed E-state index contributed by atoms with van der Waals surface area (Å²) in [6.45, 7) is 7.45. The molecule has 0 spiro atoms. The van der Waals surface area contributed by atoms with E-state index in [1.165, 1.54) is 0 Å². The molecular formula is C17H21N3O2S. The van der Waals surface area contributed by atoms with Gasteiger partial charge in [-0.3, -0.25) is 4.79 Å². The van der Waals surface area contributed by atoms with Crippen molar-refractivity contribution in [3.8, 4) is 0 Å². The van der Waals surface area contributed by atoms with Gasteiger partial charge in [0, 0.05) is 23.9 Å². The average molecular weight is 331 g/mol. The number of thioether (sulfide) groups is 1. The van der Waals surface area contributed by atoms with Crippen molar-refractivity contribution < 1.29 is 9.32 Å². The number of rotatable bonds is 5. The van der Waals surface area contributed by atoms with Crippen molar-refractivity contribution in [2.75, 3.05) is 18.8 Å². The Labute approximate surface area is 140 Å². The van der Waals surface area contributed by atoms with E-state index in [1.807, 2.05) is 43.0 Å². The van der Waals surface area contributed by atoms with Crippen LogP contribution < -0.4 is 0 Å². The van der Waals surface area contributed by atoms with Gasteiger partial charge in [0.1, 0.15) is 0 Å². The van der Waals surface area contributed by atoms with E-state index in [-0.39, 0.29) is 17.7 Å². The van der Waals surface area contributed by atoms with Gasteiger partial charge in [-0.25, -0.2) is 0 Å². The van der Waals surface area contributed by atoms with Gasteiger partial charge in [0.15, 0.2) is 5.82 Å². The molecule has 1 aromatic heterocycles. The highest BCUT2D eigenvalue weighted by Gasteiger charge is 2.36. The van der Waals surface area contributed by atoms with E-state index >= 15 is 0 Å². The third kappa shape index (κ3) is 3.27. The summed E-state index contributed by atoms with van der Waals surface area (Å²) in [5.41, 5.74) is 0.784. The molecule has 1 saturated heterocycles. The van der Waals surface area contributed by atoms with Gasteiger partial charge in [-0.05, 0) is 17.9 Å². The molecule has 1 fully saturated rings. The maximum atomic E-state index is 12.7. The lowest BCUT2D eigenvalue weighted by molar-refractivity contribution is 0.0565. The zero-order valence-corrected chi connectivity index (χ0v) is 14.5. The fraction of sp³-hybridized carbons (Fsp3) is 0.471. The van der Waals surface area contributed by atoms with E-state index in [2.05, 4.69) is 17.1 Å². The summed E-state index contributed by atoms with van der Waals surface area (Å²) in [6, 6.07) is 7.79. The molecule has 2 heterocycles. The summed E-state index contributed by atoms with van der Waals surface area (Å²) in [5, 5.41) is 3.99. The van der Waals surface area contributed by atoms with Gasteiger partial charge < -0.3 is 9.42 Å². The summed E-state index contributed by atoms with van der Waals surface area (Å²) in [6.07, 6.45) is 0. The minimum absolute atomic E-state index is 0.0846. The Morgan fingerprint density at radius 1 is 1.39 bits per heavy atom. The Morgan fingerprint density at radius 3 is 2.78 bits per heavy atom. The maximum absolute atomic E-state index is 12.7. The highest BCUT2D eigenvalue weighted by molar-refractivity contribution is 7.99. The maximum Gasteiger partial charge on any atom is 0.255 e. The van der Waals surface area contributed by atoms with Crippen LogP contribution in [0.5, 0.6) is 0 Å². The van der Waals surface area contributed by atoms with Gasteiger partial charge in [0.2, 0.25) is 5.89 Å². The molecule has 0 aliphatic carbocycles. The highest BCUT2D eigenvalue weighted by atomic mass is 32.2. The second-order valence-electron chi connectivity index (χ2n) is 5.98. The standard InChI is InChI=1S/C17H21N3O2S/c1-4-23-14-8-6-5-7-13(14)17(21)20-9-12(10-20)16-18-15(11(2)3)19-22-16/h5-8,11-12H,4,9-10H2,1-3H3. The number of carbonyl (C=O) groups is 1. The first-order valence-electron chi connectivity index (χ1n) is 7.94. The van der Waals surface area contributed by atoms with Crippen molar-refractivity contribution in [3.63, 3.8) is 0 Å². The molecule has 0 unspecified atom stereocenters. The first-order valence-corrected chi connectivity index (χ1v) is 8.93. The van der Waals surface area contributed by atoms with Crippen LogP contribution in [0.15, 0.2) is 33.7 Å². The van der Waals surface area contributed by atoms with Crippen LogP contribution >= 0.6 is 11.8 Å². The first-order chi connectivity index (χ1) is 11.1. The Bertz CT molecular complexity index is 693. The normalized spacial score (nSPS) is 15.0. The summed E-state index contributed by atoms with van der Waals surface area (Å²) < 4.78 is 5.32. The van der Waals surface area contributed by atoms with Crippen LogP contribution in [0.25, 0.3) is 0 Å². The number of nitrogens with zero attached hydrogens (tertiary/aromatic N) is 3. The number of carbonyl (C=O) groups excluding carboxylic acids is 1. The Kier molecular flexibility index (Phi) is 4.71. The number of likely N-dealkylation sites (tertiary alicyclic amines) is 1. The van der Waals surface area contributed by atoms with Crippen LogP contribution in [-0.2, 0) is 0 Å². The number of benzene rings is 1. The summed E-state index contributed by atoms with van der Waals surface area (Å²) >= 11 is 1.70. The largest absolute Gasteiger partial charge is 0.339 e. The number of aromatic nitrogens is 2. The van der Waals surface area contributed by atoms with Crippen molar-refractivity contribution in [1.29, 1.82) is 0 Å². The number of amides is 1. The molecule has 1 aliphatic rings. The van der Waals surface area contributed by atoms with Crippen molar-refractivity contribution in [3.05, 3.63) is 41.5 Å². The van der Waals surface area contributed by atoms with E-state index in [9.17, 15) is 4.79 Å². The molecule has 1 aromatic carbocycles. The molecule has 1 aliphatic heterocycles. The quantitative estimate of drug-likeness (QED) is 0.784. The topological polar surface area (TPSA) is 59.2 Å². The molecule has 3 rings (SSSR count). The van der Waals surface area contributed by atoms with Crippen LogP contribution in [0.2, 0.25) is 0 Å². The lowest BCUT2D eigenvalue weighted by atomic mass is 9.98. The number of hydrogen-bond donors (Lipinski definition) is 0. The van der Waals surface area contributed by atoms with Crippen LogP contribution in [-0.4, -0.2) is 39.8 Å².